The van der Waals surface area contributed by atoms with E-state index in [4.69, 9.17) is 10.2 Å². The van der Waals surface area contributed by atoms with Crippen molar-refractivity contribution in [2.24, 2.45) is 0 Å². The quantitative estimate of drug-likeness (QED) is 0.206. The van der Waals surface area contributed by atoms with Crippen LogP contribution in [0.4, 0.5) is 8.78 Å². The minimum Gasteiger partial charge on any atom is -0.247 e. The highest BCUT2D eigenvalue weighted by molar-refractivity contribution is 7.00. The first-order chi connectivity index (χ1) is 20.1. The van der Waals surface area contributed by atoms with Crippen LogP contribution in [0.5, 0.6) is 0 Å². The number of nitrogens with zero attached hydrogens (tertiary/aromatic N) is 5. The van der Waals surface area contributed by atoms with Crippen LogP contribution in [0.3, 0.4) is 0 Å². The van der Waals surface area contributed by atoms with Crippen LogP contribution in [0.15, 0.2) is 91.0 Å². The van der Waals surface area contributed by atoms with Crippen LogP contribution in [0.2, 0.25) is 0 Å². The highest BCUT2D eigenvalue weighted by Crippen LogP contribution is 2.42. The van der Waals surface area contributed by atoms with Gasteiger partial charge in [0, 0.05) is 27.3 Å². The van der Waals surface area contributed by atoms with Crippen molar-refractivity contribution in [1.82, 2.24) is 13.7 Å². The summed E-state index contributed by atoms with van der Waals surface area (Å²) in [5.74, 6) is -1.66. The summed E-state index contributed by atoms with van der Waals surface area (Å²) in [6.45, 7) is 0. The Hall–Kier alpha value is -5.57. The first-order valence-electron chi connectivity index (χ1n) is 12.5. The average molecular weight is 552 g/mol. The van der Waals surface area contributed by atoms with Crippen molar-refractivity contribution < 1.29 is 8.78 Å². The molecule has 0 saturated carbocycles. The lowest BCUT2D eigenvalue weighted by Gasteiger charge is -2.14. The van der Waals surface area contributed by atoms with Crippen molar-refractivity contribution in [3.8, 4) is 45.6 Å². The molecule has 0 amide bonds. The second-order valence-corrected chi connectivity index (χ2v) is 10.0. The minimum absolute atomic E-state index is 0.0963. The van der Waals surface area contributed by atoms with E-state index in [1.807, 2.05) is 42.5 Å². The third-order valence-electron chi connectivity index (χ3n) is 7.10. The predicted molar refractivity (Wildman–Crippen MR) is 156 cm³/mol. The van der Waals surface area contributed by atoms with E-state index in [2.05, 4.69) is 14.8 Å². The summed E-state index contributed by atoms with van der Waals surface area (Å²) in [5.41, 5.74) is 5.57. The predicted octanol–water partition coefficient (Wildman–Crippen LogP) is 8.42. The zero-order valence-corrected chi connectivity index (χ0v) is 21.9. The molecular formula is C33H15F2N5S. The summed E-state index contributed by atoms with van der Waals surface area (Å²) in [7, 11) is 0. The monoisotopic (exact) mass is 551 g/mol. The standard InChI is InChI=1S/C33H15F2N5S/c34-26-12-19(17-37)13-27(35)29(26)21-9-10-23-28(14-21)38-31(22-8-4-5-18(11-22)16-36)25-15-24(20-6-2-1-3-7-20)32-33(30(23)25)40-41-39-32/h1-15H. The first-order valence-corrected chi connectivity index (χ1v) is 13.3. The number of rotatable bonds is 3. The van der Waals surface area contributed by atoms with Crippen molar-refractivity contribution >= 4 is 44.4 Å². The van der Waals surface area contributed by atoms with Gasteiger partial charge >= 0.3 is 0 Å². The lowest BCUT2D eigenvalue weighted by atomic mass is 9.92. The van der Waals surface area contributed by atoms with Crippen molar-refractivity contribution in [1.29, 1.82) is 10.5 Å². The van der Waals surface area contributed by atoms with E-state index in [0.29, 0.717) is 22.3 Å². The molecule has 2 heterocycles. The Morgan fingerprint density at radius 1 is 0.634 bits per heavy atom. The maximum atomic E-state index is 15.0. The summed E-state index contributed by atoms with van der Waals surface area (Å²) in [5, 5.41) is 21.0. The smallest absolute Gasteiger partial charge is 0.135 e. The van der Waals surface area contributed by atoms with Crippen LogP contribution in [0.25, 0.3) is 66.2 Å². The SMILES string of the molecule is N#Cc1cccc(-c2nc3cc(-c4c(F)cc(C#N)cc4F)ccc3c3c2cc(-c2ccccc2)c2nsnc23)c1. The van der Waals surface area contributed by atoms with Crippen molar-refractivity contribution in [2.45, 2.75) is 0 Å². The molecule has 0 atom stereocenters. The molecule has 5 nitrogen and oxygen atoms in total. The molecule has 0 unspecified atom stereocenters. The normalized spacial score (nSPS) is 11.1. The van der Waals surface area contributed by atoms with Crippen molar-refractivity contribution in [2.75, 3.05) is 0 Å². The van der Waals surface area contributed by atoms with Gasteiger partial charge in [-0.2, -0.15) is 19.3 Å². The Balaban J connectivity index is 1.60. The van der Waals surface area contributed by atoms with Gasteiger partial charge in [0.15, 0.2) is 0 Å². The largest absolute Gasteiger partial charge is 0.247 e. The van der Waals surface area contributed by atoms with E-state index in [1.54, 1.807) is 42.5 Å². The average Bonchev–Trinajstić information content (AvgIpc) is 3.50. The number of hydrogen-bond acceptors (Lipinski definition) is 6. The molecule has 192 valence electrons. The van der Waals surface area contributed by atoms with Gasteiger partial charge in [0.25, 0.3) is 0 Å². The van der Waals surface area contributed by atoms with Crippen molar-refractivity contribution in [3.05, 3.63) is 114 Å². The van der Waals surface area contributed by atoms with E-state index in [-0.39, 0.29) is 16.7 Å². The molecule has 2 aromatic heterocycles. The first kappa shape index (κ1) is 24.5. The van der Waals surface area contributed by atoms with Crippen molar-refractivity contribution in [3.63, 3.8) is 0 Å². The Bertz CT molecular complexity index is 2240. The Morgan fingerprint density at radius 3 is 2.12 bits per heavy atom. The van der Waals surface area contributed by atoms with Gasteiger partial charge < -0.3 is 0 Å². The van der Waals surface area contributed by atoms with E-state index < -0.39 is 11.6 Å². The summed E-state index contributed by atoms with van der Waals surface area (Å²) in [4.78, 5) is 5.00. The summed E-state index contributed by atoms with van der Waals surface area (Å²) in [6, 6.07) is 30.2. The molecule has 5 aromatic carbocycles. The van der Waals surface area contributed by atoms with E-state index in [1.165, 1.54) is 0 Å². The maximum Gasteiger partial charge on any atom is 0.135 e. The molecule has 0 fully saturated rings. The van der Waals surface area contributed by atoms with Gasteiger partial charge in [0.1, 0.15) is 22.7 Å². The van der Waals surface area contributed by atoms with Gasteiger partial charge in [-0.3, -0.25) is 0 Å². The molecular weight excluding hydrogens is 536 g/mol. The molecule has 0 aliphatic rings. The Labute approximate surface area is 236 Å². The second kappa shape index (κ2) is 9.56. The summed E-state index contributed by atoms with van der Waals surface area (Å²) >= 11 is 1.11. The molecule has 7 rings (SSSR count). The lowest BCUT2D eigenvalue weighted by Crippen LogP contribution is -1.95. The summed E-state index contributed by atoms with van der Waals surface area (Å²) in [6.07, 6.45) is 0. The lowest BCUT2D eigenvalue weighted by molar-refractivity contribution is 0.589. The molecule has 0 radical (unpaired) electrons. The molecule has 0 aliphatic carbocycles. The number of hydrogen-bond donors (Lipinski definition) is 0. The Kier molecular flexibility index (Phi) is 5.71. The fourth-order valence-electron chi connectivity index (χ4n) is 5.28. The number of benzene rings is 5. The minimum atomic E-state index is -0.831. The number of pyridine rings is 1. The van der Waals surface area contributed by atoms with Crippen LogP contribution in [-0.4, -0.2) is 13.7 Å². The number of halogens is 2. The zero-order chi connectivity index (χ0) is 28.1. The number of nitriles is 2. The Morgan fingerprint density at radius 2 is 1.37 bits per heavy atom. The zero-order valence-electron chi connectivity index (χ0n) is 21.1. The van der Waals surface area contributed by atoms with E-state index in [9.17, 15) is 14.0 Å². The molecule has 0 N–H and O–H groups in total. The van der Waals surface area contributed by atoms with Gasteiger partial charge in [0.2, 0.25) is 0 Å². The van der Waals surface area contributed by atoms with E-state index in [0.717, 1.165) is 62.2 Å². The highest BCUT2D eigenvalue weighted by atomic mass is 32.1. The molecule has 41 heavy (non-hydrogen) atoms. The molecule has 0 aliphatic heterocycles. The van der Waals surface area contributed by atoms with Crippen LogP contribution < -0.4 is 0 Å². The van der Waals surface area contributed by atoms with Gasteiger partial charge in [0.05, 0.1) is 51.8 Å². The third kappa shape index (κ3) is 3.98. The van der Waals surface area contributed by atoms with Gasteiger partial charge in [-0.05, 0) is 47.5 Å². The fraction of sp³-hybridized carbons (Fsp3) is 0. The van der Waals surface area contributed by atoms with Gasteiger partial charge in [-0.25, -0.2) is 13.8 Å². The molecule has 8 heteroatoms. The second-order valence-electron chi connectivity index (χ2n) is 9.49. The molecule has 0 bridgehead atoms. The highest BCUT2D eigenvalue weighted by Gasteiger charge is 2.21. The van der Waals surface area contributed by atoms with Crippen LogP contribution in [0, 0.1) is 34.3 Å². The van der Waals surface area contributed by atoms with Gasteiger partial charge in [-0.1, -0.05) is 54.6 Å². The van der Waals surface area contributed by atoms with E-state index >= 15 is 0 Å². The van der Waals surface area contributed by atoms with Crippen LogP contribution in [0.1, 0.15) is 11.1 Å². The van der Waals surface area contributed by atoms with Crippen LogP contribution >= 0.6 is 11.7 Å². The molecule has 0 saturated heterocycles. The molecule has 0 spiro atoms. The summed E-state index contributed by atoms with van der Waals surface area (Å²) < 4.78 is 39.3. The fourth-order valence-corrected chi connectivity index (χ4v) is 5.85. The maximum absolute atomic E-state index is 15.0. The topological polar surface area (TPSA) is 86.2 Å². The number of aromatic nitrogens is 3. The molecule has 7 aromatic rings. The third-order valence-corrected chi connectivity index (χ3v) is 7.63. The number of fused-ring (bicyclic) bond motifs is 5. The van der Waals surface area contributed by atoms with Crippen LogP contribution in [-0.2, 0) is 0 Å². The van der Waals surface area contributed by atoms with Gasteiger partial charge in [-0.15, -0.1) is 0 Å².